The maximum atomic E-state index is 11.6. The van der Waals surface area contributed by atoms with Crippen LogP contribution in [0.4, 0.5) is 10.6 Å². The molecule has 3 aromatic rings. The lowest BCUT2D eigenvalue weighted by molar-refractivity contribution is 0.252. The van der Waals surface area contributed by atoms with Gasteiger partial charge >= 0.3 is 6.03 Å². The highest BCUT2D eigenvalue weighted by atomic mass is 16.2. The van der Waals surface area contributed by atoms with Crippen molar-refractivity contribution in [1.82, 2.24) is 20.1 Å². The molecule has 6 heteroatoms. The van der Waals surface area contributed by atoms with Crippen LogP contribution in [0.5, 0.6) is 0 Å². The van der Waals surface area contributed by atoms with E-state index in [1.807, 2.05) is 49.1 Å². The molecule has 0 saturated heterocycles. The van der Waals surface area contributed by atoms with Gasteiger partial charge in [-0.25, -0.2) is 9.78 Å². The zero-order chi connectivity index (χ0) is 16.2. The molecule has 2 aromatic heterocycles. The van der Waals surface area contributed by atoms with Gasteiger partial charge < -0.3 is 5.32 Å². The van der Waals surface area contributed by atoms with Gasteiger partial charge in [-0.15, -0.1) is 0 Å². The molecule has 2 N–H and O–H groups in total. The Hall–Kier alpha value is -2.89. The summed E-state index contributed by atoms with van der Waals surface area (Å²) in [7, 11) is 0. The van der Waals surface area contributed by atoms with Gasteiger partial charge in [-0.3, -0.25) is 10.00 Å². The summed E-state index contributed by atoms with van der Waals surface area (Å²) in [5.41, 5.74) is 2.28. The highest BCUT2D eigenvalue weighted by Gasteiger charge is 2.06. The Morgan fingerprint density at radius 3 is 2.91 bits per heavy atom. The Kier molecular flexibility index (Phi) is 4.23. The second kappa shape index (κ2) is 6.48. The minimum atomic E-state index is -0.248. The first kappa shape index (κ1) is 15.0. The van der Waals surface area contributed by atoms with E-state index in [4.69, 9.17) is 0 Å². The molecule has 0 aliphatic carbocycles. The molecule has 0 aliphatic rings. The number of carbonyl (C=O) groups excluding carboxylic acids is 1. The maximum absolute atomic E-state index is 11.6. The van der Waals surface area contributed by atoms with Crippen LogP contribution in [0.2, 0.25) is 0 Å². The van der Waals surface area contributed by atoms with Gasteiger partial charge in [0, 0.05) is 24.3 Å². The number of hydrogen-bond acceptors (Lipinski definition) is 3. The average Bonchev–Trinajstić information content (AvgIpc) is 2.93. The second-order valence-electron chi connectivity index (χ2n) is 5.41. The van der Waals surface area contributed by atoms with Gasteiger partial charge in [0.25, 0.3) is 0 Å². The zero-order valence-electron chi connectivity index (χ0n) is 13.2. The summed E-state index contributed by atoms with van der Waals surface area (Å²) in [6, 6.07) is 7.71. The second-order valence-corrected chi connectivity index (χ2v) is 5.41. The number of hydrogen-bond donors (Lipinski definition) is 2. The van der Waals surface area contributed by atoms with Crippen LogP contribution in [-0.2, 0) is 6.54 Å². The topological polar surface area (TPSA) is 71.8 Å². The Labute approximate surface area is 134 Å². The van der Waals surface area contributed by atoms with E-state index in [0.29, 0.717) is 18.9 Å². The summed E-state index contributed by atoms with van der Waals surface area (Å²) in [6.45, 7) is 5.16. The van der Waals surface area contributed by atoms with Crippen LogP contribution in [-0.4, -0.2) is 27.3 Å². The summed E-state index contributed by atoms with van der Waals surface area (Å²) < 4.78 is 1.91. The number of nitrogens with one attached hydrogen (secondary N) is 2. The zero-order valence-corrected chi connectivity index (χ0v) is 13.2. The first-order chi connectivity index (χ1) is 11.2. The van der Waals surface area contributed by atoms with E-state index < -0.39 is 0 Å². The molecular weight excluding hydrogens is 290 g/mol. The van der Waals surface area contributed by atoms with E-state index in [1.165, 1.54) is 0 Å². The molecule has 118 valence electrons. The molecule has 0 bridgehead atoms. The number of pyridine rings is 1. The van der Waals surface area contributed by atoms with Crippen molar-refractivity contribution in [3.63, 3.8) is 0 Å². The fourth-order valence-electron chi connectivity index (χ4n) is 2.49. The van der Waals surface area contributed by atoms with Crippen molar-refractivity contribution in [2.45, 2.75) is 20.4 Å². The summed E-state index contributed by atoms with van der Waals surface area (Å²) in [4.78, 5) is 15.9. The summed E-state index contributed by atoms with van der Waals surface area (Å²) in [5, 5.41) is 11.8. The molecule has 0 spiro atoms. The molecule has 0 atom stereocenters. The predicted molar refractivity (Wildman–Crippen MR) is 90.5 cm³/mol. The van der Waals surface area contributed by atoms with Gasteiger partial charge in [-0.1, -0.05) is 18.2 Å². The third kappa shape index (κ3) is 3.48. The third-order valence-electron chi connectivity index (χ3n) is 3.53. The minimum absolute atomic E-state index is 0.248. The van der Waals surface area contributed by atoms with E-state index in [-0.39, 0.29) is 6.03 Å². The van der Waals surface area contributed by atoms with Crippen molar-refractivity contribution in [2.75, 3.05) is 11.9 Å². The van der Waals surface area contributed by atoms with E-state index in [0.717, 1.165) is 21.9 Å². The number of rotatable bonds is 4. The molecular formula is C17H19N5O. The van der Waals surface area contributed by atoms with Crippen molar-refractivity contribution in [3.8, 4) is 0 Å². The summed E-state index contributed by atoms with van der Waals surface area (Å²) in [6.07, 6.45) is 5.65. The van der Waals surface area contributed by atoms with Crippen LogP contribution >= 0.6 is 0 Å². The lowest BCUT2D eigenvalue weighted by Crippen LogP contribution is -2.28. The Bertz CT molecular complexity index is 840. The van der Waals surface area contributed by atoms with Gasteiger partial charge in [0.15, 0.2) is 0 Å². The number of carbonyl (C=O) groups is 1. The average molecular weight is 309 g/mol. The maximum Gasteiger partial charge on any atom is 0.320 e. The quantitative estimate of drug-likeness (QED) is 0.778. The van der Waals surface area contributed by atoms with E-state index in [2.05, 4.69) is 26.8 Å². The highest BCUT2D eigenvalue weighted by Crippen LogP contribution is 2.21. The van der Waals surface area contributed by atoms with Crippen LogP contribution in [0, 0.1) is 6.92 Å². The normalized spacial score (nSPS) is 10.7. The lowest BCUT2D eigenvalue weighted by atomic mass is 10.1. The van der Waals surface area contributed by atoms with Crippen LogP contribution in [0.25, 0.3) is 10.8 Å². The molecule has 0 unspecified atom stereocenters. The number of amides is 2. The van der Waals surface area contributed by atoms with Crippen molar-refractivity contribution in [3.05, 3.63) is 54.0 Å². The van der Waals surface area contributed by atoms with Crippen LogP contribution in [0.3, 0.4) is 0 Å². The molecule has 23 heavy (non-hydrogen) atoms. The number of urea groups is 1. The van der Waals surface area contributed by atoms with E-state index in [1.54, 1.807) is 6.20 Å². The molecule has 0 saturated carbocycles. The van der Waals surface area contributed by atoms with E-state index >= 15 is 0 Å². The first-order valence-corrected chi connectivity index (χ1v) is 7.57. The standard InChI is InChI=1S/C17H19N5O/c1-3-18-17(23)21-16-7-13-5-4-6-14(15(13)9-19-16)11-22-10-12(2)8-20-22/h4-10H,3,11H2,1-2H3,(H2,18,19,21,23). The first-order valence-electron chi connectivity index (χ1n) is 7.57. The van der Waals surface area contributed by atoms with Crippen molar-refractivity contribution in [1.29, 1.82) is 0 Å². The molecule has 0 fully saturated rings. The van der Waals surface area contributed by atoms with Gasteiger partial charge in [0.05, 0.1) is 12.7 Å². The van der Waals surface area contributed by atoms with Crippen LogP contribution < -0.4 is 10.6 Å². The summed E-state index contributed by atoms with van der Waals surface area (Å²) in [5.74, 6) is 0.538. The molecule has 2 heterocycles. The Balaban J connectivity index is 1.88. The van der Waals surface area contributed by atoms with Crippen LogP contribution in [0.1, 0.15) is 18.1 Å². The fraction of sp³-hybridized carbons (Fsp3) is 0.235. The SMILES string of the molecule is CCNC(=O)Nc1cc2cccc(Cn3cc(C)cn3)c2cn1. The smallest absolute Gasteiger partial charge is 0.320 e. The monoisotopic (exact) mass is 309 g/mol. The largest absolute Gasteiger partial charge is 0.338 e. The minimum Gasteiger partial charge on any atom is -0.338 e. The summed E-state index contributed by atoms with van der Waals surface area (Å²) >= 11 is 0. The Morgan fingerprint density at radius 1 is 1.30 bits per heavy atom. The Morgan fingerprint density at radius 2 is 2.17 bits per heavy atom. The highest BCUT2D eigenvalue weighted by molar-refractivity contribution is 5.92. The number of aromatic nitrogens is 3. The number of benzene rings is 1. The number of nitrogens with zero attached hydrogens (tertiary/aromatic N) is 3. The molecule has 1 aromatic carbocycles. The fourth-order valence-corrected chi connectivity index (χ4v) is 2.49. The number of fused-ring (bicyclic) bond motifs is 1. The predicted octanol–water partition coefficient (Wildman–Crippen LogP) is 2.93. The molecule has 3 rings (SSSR count). The van der Waals surface area contributed by atoms with Gasteiger partial charge in [-0.05, 0) is 36.4 Å². The van der Waals surface area contributed by atoms with Gasteiger partial charge in [0.2, 0.25) is 0 Å². The molecule has 6 nitrogen and oxygen atoms in total. The van der Waals surface area contributed by atoms with Crippen molar-refractivity contribution < 1.29 is 4.79 Å². The molecule has 0 aliphatic heterocycles. The van der Waals surface area contributed by atoms with Crippen molar-refractivity contribution >= 4 is 22.6 Å². The number of aryl methyl sites for hydroxylation is 1. The van der Waals surface area contributed by atoms with E-state index in [9.17, 15) is 4.79 Å². The molecule has 0 radical (unpaired) electrons. The lowest BCUT2D eigenvalue weighted by Gasteiger charge is -2.09. The number of anilines is 1. The van der Waals surface area contributed by atoms with Crippen molar-refractivity contribution in [2.24, 2.45) is 0 Å². The molecule has 2 amide bonds. The third-order valence-corrected chi connectivity index (χ3v) is 3.53. The van der Waals surface area contributed by atoms with Crippen LogP contribution in [0.15, 0.2) is 42.9 Å². The van der Waals surface area contributed by atoms with Gasteiger partial charge in [0.1, 0.15) is 5.82 Å². The van der Waals surface area contributed by atoms with Gasteiger partial charge in [-0.2, -0.15) is 5.10 Å².